The van der Waals surface area contributed by atoms with E-state index in [1.54, 1.807) is 25.1 Å². The van der Waals surface area contributed by atoms with Crippen molar-refractivity contribution in [3.63, 3.8) is 0 Å². The average Bonchev–Trinajstić information content (AvgIpc) is 2.39. The highest BCUT2D eigenvalue weighted by molar-refractivity contribution is 5.95. The Hall–Kier alpha value is -2.69. The van der Waals surface area contributed by atoms with E-state index in [2.05, 4.69) is 5.32 Å². The molecule has 0 bridgehead atoms. The number of hydrogen-bond acceptors (Lipinski definition) is 4. The van der Waals surface area contributed by atoms with Crippen LogP contribution < -0.4 is 11.1 Å². The summed E-state index contributed by atoms with van der Waals surface area (Å²) in [4.78, 5) is 11.3. The molecule has 0 atom stereocenters. The normalized spacial score (nSPS) is 10.2. The molecule has 0 spiro atoms. The fourth-order valence-electron chi connectivity index (χ4n) is 1.99. The zero-order valence-electron chi connectivity index (χ0n) is 11.1. The number of phenols is 2. The number of primary amides is 1. The molecular formula is C15H16N2O3. The number of rotatable bonds is 4. The maximum Gasteiger partial charge on any atom is 0.249 e. The predicted octanol–water partition coefficient (Wildman–Crippen LogP) is 2.12. The lowest BCUT2D eigenvalue weighted by molar-refractivity contribution is 0.0999. The first-order chi connectivity index (χ1) is 9.49. The van der Waals surface area contributed by atoms with Crippen molar-refractivity contribution in [2.24, 2.45) is 5.73 Å². The molecule has 0 saturated heterocycles. The van der Waals surface area contributed by atoms with E-state index < -0.39 is 5.91 Å². The van der Waals surface area contributed by atoms with Gasteiger partial charge in [0.15, 0.2) is 0 Å². The van der Waals surface area contributed by atoms with Crippen molar-refractivity contribution >= 4 is 11.6 Å². The van der Waals surface area contributed by atoms with Crippen molar-refractivity contribution in [3.8, 4) is 11.5 Å². The van der Waals surface area contributed by atoms with Crippen molar-refractivity contribution in [1.29, 1.82) is 0 Å². The van der Waals surface area contributed by atoms with Crippen LogP contribution in [0.25, 0.3) is 0 Å². The summed E-state index contributed by atoms with van der Waals surface area (Å²) in [5, 5.41) is 22.1. The summed E-state index contributed by atoms with van der Waals surface area (Å²) in [6.07, 6.45) is 0. The lowest BCUT2D eigenvalue weighted by atomic mass is 10.1. The van der Waals surface area contributed by atoms with Crippen LogP contribution in [-0.2, 0) is 6.54 Å². The zero-order valence-corrected chi connectivity index (χ0v) is 11.1. The number of hydrogen-bond donors (Lipinski definition) is 4. The Balaban J connectivity index is 2.19. The topological polar surface area (TPSA) is 95.6 Å². The minimum atomic E-state index is -0.473. The third-order valence-electron chi connectivity index (χ3n) is 3.14. The molecule has 2 aromatic carbocycles. The van der Waals surface area contributed by atoms with E-state index in [1.165, 1.54) is 12.1 Å². The molecule has 104 valence electrons. The highest BCUT2D eigenvalue weighted by Gasteiger charge is 2.09. The molecule has 0 aliphatic carbocycles. The summed E-state index contributed by atoms with van der Waals surface area (Å²) in [7, 11) is 0. The largest absolute Gasteiger partial charge is 0.508 e. The Kier molecular flexibility index (Phi) is 3.79. The van der Waals surface area contributed by atoms with E-state index in [0.29, 0.717) is 17.7 Å². The summed E-state index contributed by atoms with van der Waals surface area (Å²) in [5.74, 6) is -0.446. The second-order valence-electron chi connectivity index (χ2n) is 4.51. The Morgan fingerprint density at radius 2 is 2.00 bits per heavy atom. The second kappa shape index (κ2) is 5.52. The van der Waals surface area contributed by atoms with Crippen molar-refractivity contribution in [2.45, 2.75) is 13.5 Å². The maximum absolute atomic E-state index is 11.3. The minimum absolute atomic E-state index is 0.0122. The molecular weight excluding hydrogens is 256 g/mol. The lowest BCUT2D eigenvalue weighted by Gasteiger charge is -2.12. The summed E-state index contributed by atoms with van der Waals surface area (Å²) in [6.45, 7) is 2.17. The van der Waals surface area contributed by atoms with Gasteiger partial charge < -0.3 is 21.3 Å². The van der Waals surface area contributed by atoms with Gasteiger partial charge in [-0.2, -0.15) is 0 Å². The van der Waals surface area contributed by atoms with Crippen LogP contribution >= 0.6 is 0 Å². The third-order valence-corrected chi connectivity index (χ3v) is 3.14. The molecule has 5 N–H and O–H groups in total. The van der Waals surface area contributed by atoms with Gasteiger partial charge in [0.1, 0.15) is 11.5 Å². The number of phenolic OH excluding ortho intramolecular Hbond substituents is 2. The van der Waals surface area contributed by atoms with Gasteiger partial charge in [-0.15, -0.1) is 0 Å². The molecule has 5 heteroatoms. The van der Waals surface area contributed by atoms with E-state index in [9.17, 15) is 15.0 Å². The number of nitrogens with two attached hydrogens (primary N) is 1. The van der Waals surface area contributed by atoms with Gasteiger partial charge in [-0.3, -0.25) is 4.79 Å². The number of benzene rings is 2. The highest BCUT2D eigenvalue weighted by Crippen LogP contribution is 2.25. The van der Waals surface area contributed by atoms with Crippen molar-refractivity contribution in [2.75, 3.05) is 5.32 Å². The van der Waals surface area contributed by atoms with Crippen LogP contribution in [-0.4, -0.2) is 16.1 Å². The average molecular weight is 272 g/mol. The Labute approximate surface area is 116 Å². The van der Waals surface area contributed by atoms with E-state index in [0.717, 1.165) is 11.3 Å². The van der Waals surface area contributed by atoms with Crippen LogP contribution in [0.5, 0.6) is 11.5 Å². The van der Waals surface area contributed by atoms with Crippen LogP contribution in [0.2, 0.25) is 0 Å². The first-order valence-electron chi connectivity index (χ1n) is 6.13. The first kappa shape index (κ1) is 13.7. The van der Waals surface area contributed by atoms with Gasteiger partial charge in [0.05, 0.1) is 0 Å². The van der Waals surface area contributed by atoms with Gasteiger partial charge in [0, 0.05) is 29.4 Å². The number of aromatic hydroxyl groups is 2. The molecule has 2 rings (SSSR count). The van der Waals surface area contributed by atoms with E-state index in [1.807, 2.05) is 6.07 Å². The van der Waals surface area contributed by atoms with E-state index >= 15 is 0 Å². The molecule has 0 aromatic heterocycles. The molecule has 0 unspecified atom stereocenters. The monoisotopic (exact) mass is 272 g/mol. The summed E-state index contributed by atoms with van der Waals surface area (Å²) in [5.41, 5.74) is 7.94. The van der Waals surface area contributed by atoms with Gasteiger partial charge >= 0.3 is 0 Å². The maximum atomic E-state index is 11.3. The number of carbonyl (C=O) groups is 1. The molecule has 0 fully saturated rings. The van der Waals surface area contributed by atoms with Crippen molar-refractivity contribution in [3.05, 3.63) is 53.1 Å². The molecule has 0 radical (unpaired) electrons. The fraction of sp³-hybridized carbons (Fsp3) is 0.133. The van der Waals surface area contributed by atoms with Crippen LogP contribution in [0.4, 0.5) is 5.69 Å². The Morgan fingerprint density at radius 1 is 1.25 bits per heavy atom. The first-order valence-corrected chi connectivity index (χ1v) is 6.13. The zero-order chi connectivity index (χ0) is 14.7. The summed E-state index contributed by atoms with van der Waals surface area (Å²) < 4.78 is 0. The van der Waals surface area contributed by atoms with Crippen LogP contribution in [0.3, 0.4) is 0 Å². The molecule has 0 heterocycles. The number of amides is 1. The SMILES string of the molecule is Cc1c(NCc2ccc(O)cc2O)cccc1C(N)=O. The molecule has 0 saturated carbocycles. The Bertz CT molecular complexity index is 654. The molecule has 20 heavy (non-hydrogen) atoms. The van der Waals surface area contributed by atoms with E-state index in [-0.39, 0.29) is 11.5 Å². The predicted molar refractivity (Wildman–Crippen MR) is 76.8 cm³/mol. The van der Waals surface area contributed by atoms with Gasteiger partial charge in [-0.05, 0) is 36.8 Å². The Morgan fingerprint density at radius 3 is 2.65 bits per heavy atom. The quantitative estimate of drug-likeness (QED) is 0.685. The fourth-order valence-corrected chi connectivity index (χ4v) is 1.99. The minimum Gasteiger partial charge on any atom is -0.508 e. The lowest BCUT2D eigenvalue weighted by Crippen LogP contribution is -2.13. The molecule has 5 nitrogen and oxygen atoms in total. The van der Waals surface area contributed by atoms with Crippen molar-refractivity contribution < 1.29 is 15.0 Å². The number of anilines is 1. The smallest absolute Gasteiger partial charge is 0.249 e. The molecule has 2 aromatic rings. The summed E-state index contributed by atoms with van der Waals surface area (Å²) in [6, 6.07) is 9.66. The van der Waals surface area contributed by atoms with Crippen LogP contribution in [0, 0.1) is 6.92 Å². The van der Waals surface area contributed by atoms with E-state index in [4.69, 9.17) is 5.73 Å². The van der Waals surface area contributed by atoms with Gasteiger partial charge in [0.25, 0.3) is 0 Å². The highest BCUT2D eigenvalue weighted by atomic mass is 16.3. The third kappa shape index (κ3) is 2.83. The molecule has 0 aliphatic rings. The molecule has 0 aliphatic heterocycles. The van der Waals surface area contributed by atoms with Gasteiger partial charge in [-0.25, -0.2) is 0 Å². The van der Waals surface area contributed by atoms with Crippen molar-refractivity contribution in [1.82, 2.24) is 0 Å². The number of nitrogens with one attached hydrogen (secondary N) is 1. The number of carbonyl (C=O) groups excluding carboxylic acids is 1. The second-order valence-corrected chi connectivity index (χ2v) is 4.51. The van der Waals surface area contributed by atoms with Gasteiger partial charge in [0.2, 0.25) is 5.91 Å². The molecule has 1 amide bonds. The van der Waals surface area contributed by atoms with Gasteiger partial charge in [-0.1, -0.05) is 6.07 Å². The van der Waals surface area contributed by atoms with Crippen LogP contribution in [0.15, 0.2) is 36.4 Å². The van der Waals surface area contributed by atoms with Crippen LogP contribution in [0.1, 0.15) is 21.5 Å². The summed E-state index contributed by atoms with van der Waals surface area (Å²) >= 11 is 0. The standard InChI is InChI=1S/C15H16N2O3/c1-9-12(15(16)20)3-2-4-13(9)17-8-10-5-6-11(18)7-14(10)19/h2-7,17-19H,8H2,1H3,(H2,16,20).